The van der Waals surface area contributed by atoms with Gasteiger partial charge in [-0.1, -0.05) is 17.7 Å². The van der Waals surface area contributed by atoms with E-state index in [2.05, 4.69) is 26.5 Å². The third-order valence-electron chi connectivity index (χ3n) is 2.55. The minimum absolute atomic E-state index is 0.144. The van der Waals surface area contributed by atoms with E-state index in [0.717, 1.165) is 21.5 Å². The molecule has 0 aromatic heterocycles. The Balaban J connectivity index is 2.02. The molecule has 0 saturated heterocycles. The Morgan fingerprint density at radius 2 is 2.05 bits per heavy atom. The second kappa shape index (κ2) is 7.48. The molecular formula is C16H16BrClN2O. The lowest BCUT2D eigenvalue weighted by Gasteiger charge is -2.11. The largest absolute Gasteiger partial charge is 0.490 e. The van der Waals surface area contributed by atoms with Crippen LogP contribution in [0.2, 0.25) is 5.02 Å². The summed E-state index contributed by atoms with van der Waals surface area (Å²) in [5, 5.41) is 4.86. The second-order valence-electron chi connectivity index (χ2n) is 4.74. The molecule has 5 heteroatoms. The number of ether oxygens (including phenoxy) is 1. The molecule has 2 aromatic carbocycles. The number of anilines is 1. The number of halogens is 2. The van der Waals surface area contributed by atoms with E-state index >= 15 is 0 Å². The van der Waals surface area contributed by atoms with Crippen LogP contribution < -0.4 is 10.2 Å². The van der Waals surface area contributed by atoms with Crippen LogP contribution in [0.5, 0.6) is 5.75 Å². The predicted molar refractivity (Wildman–Crippen MR) is 92.6 cm³/mol. The highest BCUT2D eigenvalue weighted by atomic mass is 79.9. The summed E-state index contributed by atoms with van der Waals surface area (Å²) in [5.74, 6) is 0.824. The van der Waals surface area contributed by atoms with Gasteiger partial charge in [-0.15, -0.1) is 0 Å². The van der Waals surface area contributed by atoms with Crippen LogP contribution in [-0.2, 0) is 0 Å². The zero-order valence-electron chi connectivity index (χ0n) is 11.8. The molecule has 0 unspecified atom stereocenters. The third kappa shape index (κ3) is 5.06. The first-order chi connectivity index (χ1) is 10.0. The molecule has 0 spiro atoms. The lowest BCUT2D eigenvalue weighted by molar-refractivity contribution is 0.241. The molecule has 3 nitrogen and oxygen atoms in total. The van der Waals surface area contributed by atoms with E-state index in [1.165, 1.54) is 0 Å². The predicted octanol–water partition coefficient (Wildman–Crippen LogP) is 5.34. The van der Waals surface area contributed by atoms with Crippen LogP contribution in [0.15, 0.2) is 52.0 Å². The molecule has 0 atom stereocenters. The smallest absolute Gasteiger partial charge is 0.133 e. The summed E-state index contributed by atoms with van der Waals surface area (Å²) >= 11 is 9.41. The van der Waals surface area contributed by atoms with Crippen LogP contribution in [0, 0.1) is 0 Å². The standard InChI is InChI=1S/C16H16BrClN2O/c1-11(2)21-16-7-6-12(8-15(16)17)10-19-20-14-5-3-4-13(18)9-14/h3-11,20H,1-2H3. The monoisotopic (exact) mass is 366 g/mol. The first-order valence-electron chi connectivity index (χ1n) is 6.55. The van der Waals surface area contributed by atoms with Crippen LogP contribution in [0.1, 0.15) is 19.4 Å². The van der Waals surface area contributed by atoms with Crippen molar-refractivity contribution >= 4 is 39.4 Å². The van der Waals surface area contributed by atoms with Crippen molar-refractivity contribution in [1.29, 1.82) is 0 Å². The first-order valence-corrected chi connectivity index (χ1v) is 7.72. The maximum atomic E-state index is 5.91. The van der Waals surface area contributed by atoms with Crippen molar-refractivity contribution in [2.45, 2.75) is 20.0 Å². The zero-order chi connectivity index (χ0) is 15.2. The minimum atomic E-state index is 0.144. The maximum absolute atomic E-state index is 5.91. The van der Waals surface area contributed by atoms with Crippen molar-refractivity contribution in [2.75, 3.05) is 5.43 Å². The average molecular weight is 368 g/mol. The number of rotatable bonds is 5. The number of hydrazone groups is 1. The molecule has 0 saturated carbocycles. The van der Waals surface area contributed by atoms with Crippen LogP contribution >= 0.6 is 27.5 Å². The molecule has 0 heterocycles. The SMILES string of the molecule is CC(C)Oc1ccc(C=NNc2cccc(Cl)c2)cc1Br. The highest BCUT2D eigenvalue weighted by molar-refractivity contribution is 9.10. The van der Waals surface area contributed by atoms with Gasteiger partial charge in [0, 0.05) is 5.02 Å². The van der Waals surface area contributed by atoms with Gasteiger partial charge in [0.25, 0.3) is 0 Å². The highest BCUT2D eigenvalue weighted by Crippen LogP contribution is 2.26. The summed E-state index contributed by atoms with van der Waals surface area (Å²) in [6.07, 6.45) is 1.88. The fourth-order valence-electron chi connectivity index (χ4n) is 1.69. The van der Waals surface area contributed by atoms with Crippen LogP contribution in [-0.4, -0.2) is 12.3 Å². The van der Waals surface area contributed by atoms with Crippen LogP contribution in [0.25, 0.3) is 0 Å². The van der Waals surface area contributed by atoms with Crippen LogP contribution in [0.4, 0.5) is 5.69 Å². The van der Waals surface area contributed by atoms with Gasteiger partial charge < -0.3 is 4.74 Å². The number of hydrogen-bond acceptors (Lipinski definition) is 3. The summed E-state index contributed by atoms with van der Waals surface area (Å²) in [5.41, 5.74) is 4.75. The molecule has 0 aliphatic carbocycles. The van der Waals surface area contributed by atoms with Crippen molar-refractivity contribution in [3.05, 3.63) is 57.5 Å². The Morgan fingerprint density at radius 3 is 2.71 bits per heavy atom. The summed E-state index contributed by atoms with van der Waals surface area (Å²) < 4.78 is 6.57. The van der Waals surface area contributed by atoms with E-state index in [-0.39, 0.29) is 6.10 Å². The Hall–Kier alpha value is -1.52. The lowest BCUT2D eigenvalue weighted by atomic mass is 10.2. The maximum Gasteiger partial charge on any atom is 0.133 e. The highest BCUT2D eigenvalue weighted by Gasteiger charge is 2.03. The summed E-state index contributed by atoms with van der Waals surface area (Å²) in [4.78, 5) is 0. The van der Waals surface area contributed by atoms with E-state index in [1.54, 1.807) is 6.21 Å². The van der Waals surface area contributed by atoms with E-state index in [0.29, 0.717) is 5.02 Å². The molecule has 0 amide bonds. The van der Waals surface area contributed by atoms with Crippen molar-refractivity contribution in [3.63, 3.8) is 0 Å². The molecule has 2 aromatic rings. The molecule has 0 aliphatic rings. The minimum Gasteiger partial charge on any atom is -0.490 e. The summed E-state index contributed by atoms with van der Waals surface area (Å²) in [6, 6.07) is 13.2. The lowest BCUT2D eigenvalue weighted by Crippen LogP contribution is -2.06. The Bertz CT molecular complexity index is 644. The number of nitrogens with one attached hydrogen (secondary N) is 1. The Morgan fingerprint density at radius 1 is 1.24 bits per heavy atom. The molecule has 0 radical (unpaired) electrons. The van der Waals surface area contributed by atoms with E-state index < -0.39 is 0 Å². The number of nitrogens with zero attached hydrogens (tertiary/aromatic N) is 1. The van der Waals surface area contributed by atoms with Crippen molar-refractivity contribution in [3.8, 4) is 5.75 Å². The number of hydrogen-bond donors (Lipinski definition) is 1. The van der Waals surface area contributed by atoms with Gasteiger partial charge in [-0.05, 0) is 71.7 Å². The van der Waals surface area contributed by atoms with Gasteiger partial charge in [-0.3, -0.25) is 5.43 Å². The van der Waals surface area contributed by atoms with Gasteiger partial charge in [0.1, 0.15) is 5.75 Å². The molecule has 0 bridgehead atoms. The molecule has 1 N–H and O–H groups in total. The molecule has 110 valence electrons. The summed E-state index contributed by atoms with van der Waals surface area (Å²) in [7, 11) is 0. The second-order valence-corrected chi connectivity index (χ2v) is 6.03. The summed E-state index contributed by atoms with van der Waals surface area (Å²) in [6.45, 7) is 3.99. The normalized spacial score (nSPS) is 11.1. The van der Waals surface area contributed by atoms with Gasteiger partial charge in [-0.2, -0.15) is 5.10 Å². The molecule has 0 aliphatic heterocycles. The van der Waals surface area contributed by atoms with Crippen LogP contribution in [0.3, 0.4) is 0 Å². The third-order valence-corrected chi connectivity index (χ3v) is 3.41. The number of benzene rings is 2. The molecular weight excluding hydrogens is 352 g/mol. The molecule has 2 rings (SSSR count). The zero-order valence-corrected chi connectivity index (χ0v) is 14.1. The fourth-order valence-corrected chi connectivity index (χ4v) is 2.37. The van der Waals surface area contributed by atoms with Gasteiger partial charge in [0.15, 0.2) is 0 Å². The van der Waals surface area contributed by atoms with E-state index in [1.807, 2.05) is 56.3 Å². The van der Waals surface area contributed by atoms with Crippen molar-refractivity contribution in [1.82, 2.24) is 0 Å². The van der Waals surface area contributed by atoms with E-state index in [4.69, 9.17) is 16.3 Å². The quantitative estimate of drug-likeness (QED) is 0.572. The fraction of sp³-hybridized carbons (Fsp3) is 0.188. The average Bonchev–Trinajstić information content (AvgIpc) is 2.41. The Kier molecular flexibility index (Phi) is 5.65. The first kappa shape index (κ1) is 15.9. The topological polar surface area (TPSA) is 33.6 Å². The van der Waals surface area contributed by atoms with Crippen molar-refractivity contribution < 1.29 is 4.74 Å². The van der Waals surface area contributed by atoms with Gasteiger partial charge >= 0.3 is 0 Å². The molecule has 21 heavy (non-hydrogen) atoms. The Labute approximate surface area is 138 Å². The molecule has 0 fully saturated rings. The van der Waals surface area contributed by atoms with E-state index in [9.17, 15) is 0 Å². The van der Waals surface area contributed by atoms with Gasteiger partial charge in [-0.25, -0.2) is 0 Å². The van der Waals surface area contributed by atoms with Gasteiger partial charge in [0.05, 0.1) is 22.5 Å². The van der Waals surface area contributed by atoms with Gasteiger partial charge in [0.2, 0.25) is 0 Å². The van der Waals surface area contributed by atoms with Crippen molar-refractivity contribution in [2.24, 2.45) is 5.10 Å².